The van der Waals surface area contributed by atoms with Gasteiger partial charge in [0.2, 0.25) is 0 Å². The number of hydrogen-bond acceptors (Lipinski definition) is 2. The summed E-state index contributed by atoms with van der Waals surface area (Å²) in [4.78, 5) is 2.17. The molecule has 1 heterocycles. The summed E-state index contributed by atoms with van der Waals surface area (Å²) in [5.74, 6) is -1.08. The first-order valence-electron chi connectivity index (χ1n) is 8.08. The molecule has 0 aromatic rings. The number of piperidine rings is 1. The van der Waals surface area contributed by atoms with Crippen LogP contribution in [-0.2, 0) is 0 Å². The summed E-state index contributed by atoms with van der Waals surface area (Å²) in [5.41, 5.74) is 0. The third-order valence-corrected chi connectivity index (χ3v) is 4.77. The Labute approximate surface area is 120 Å². The molecular formula is C15H27F3N2. The zero-order chi connectivity index (χ0) is 14.4. The minimum absolute atomic E-state index is 0.271. The minimum atomic E-state index is -4.00. The van der Waals surface area contributed by atoms with Crippen molar-refractivity contribution in [2.75, 3.05) is 26.2 Å². The molecule has 0 amide bonds. The number of likely N-dealkylation sites (tertiary alicyclic amines) is 1. The molecule has 1 saturated carbocycles. The van der Waals surface area contributed by atoms with Gasteiger partial charge in [-0.05, 0) is 38.8 Å². The van der Waals surface area contributed by atoms with Crippen LogP contribution >= 0.6 is 0 Å². The van der Waals surface area contributed by atoms with Crippen molar-refractivity contribution in [1.29, 1.82) is 0 Å². The lowest BCUT2D eigenvalue weighted by Crippen LogP contribution is -2.43. The quantitative estimate of drug-likeness (QED) is 0.797. The predicted molar refractivity (Wildman–Crippen MR) is 74.7 cm³/mol. The number of alkyl halides is 3. The smallest absolute Gasteiger partial charge is 0.313 e. The van der Waals surface area contributed by atoms with Crippen molar-refractivity contribution in [3.8, 4) is 0 Å². The second-order valence-electron chi connectivity index (χ2n) is 6.30. The van der Waals surface area contributed by atoms with Gasteiger partial charge in [0.05, 0.1) is 5.92 Å². The van der Waals surface area contributed by atoms with Crippen LogP contribution < -0.4 is 5.32 Å². The van der Waals surface area contributed by atoms with Gasteiger partial charge in [0.25, 0.3) is 0 Å². The Balaban J connectivity index is 1.59. The maximum Gasteiger partial charge on any atom is 0.391 e. The molecule has 0 spiro atoms. The molecule has 0 bridgehead atoms. The third kappa shape index (κ3) is 5.24. The average molecular weight is 292 g/mol. The lowest BCUT2D eigenvalue weighted by Gasteiger charge is -2.33. The highest BCUT2D eigenvalue weighted by Gasteiger charge is 2.40. The molecule has 1 aliphatic carbocycles. The van der Waals surface area contributed by atoms with Crippen molar-refractivity contribution < 1.29 is 13.2 Å². The minimum Gasteiger partial charge on any atom is -0.313 e. The Morgan fingerprint density at radius 1 is 0.900 bits per heavy atom. The highest BCUT2D eigenvalue weighted by molar-refractivity contribution is 4.78. The fourth-order valence-electron chi connectivity index (χ4n) is 3.39. The largest absolute Gasteiger partial charge is 0.391 e. The van der Waals surface area contributed by atoms with E-state index in [9.17, 15) is 13.2 Å². The molecule has 20 heavy (non-hydrogen) atoms. The summed E-state index contributed by atoms with van der Waals surface area (Å²) in [7, 11) is 0. The van der Waals surface area contributed by atoms with Crippen LogP contribution in [0.1, 0.15) is 51.4 Å². The van der Waals surface area contributed by atoms with Crippen molar-refractivity contribution >= 4 is 0 Å². The van der Waals surface area contributed by atoms with E-state index < -0.39 is 12.1 Å². The van der Waals surface area contributed by atoms with Crippen LogP contribution in [0.5, 0.6) is 0 Å². The number of halogens is 3. The molecule has 1 aliphatic heterocycles. The zero-order valence-electron chi connectivity index (χ0n) is 12.2. The average Bonchev–Trinajstić information content (AvgIpc) is 2.67. The van der Waals surface area contributed by atoms with Crippen molar-refractivity contribution in [3.63, 3.8) is 0 Å². The van der Waals surface area contributed by atoms with Gasteiger partial charge >= 0.3 is 6.18 Å². The van der Waals surface area contributed by atoms with Gasteiger partial charge in [-0.15, -0.1) is 0 Å². The summed E-state index contributed by atoms with van der Waals surface area (Å²) in [5, 5.41) is 3.59. The summed E-state index contributed by atoms with van der Waals surface area (Å²) in [6, 6.07) is 0.630. The molecule has 0 radical (unpaired) electrons. The van der Waals surface area contributed by atoms with Crippen molar-refractivity contribution in [2.45, 2.75) is 63.6 Å². The lowest BCUT2D eigenvalue weighted by molar-refractivity contribution is -0.184. The second kappa shape index (κ2) is 7.64. The molecule has 1 N–H and O–H groups in total. The lowest BCUT2D eigenvalue weighted by atomic mass is 9.96. The molecule has 2 rings (SSSR count). The van der Waals surface area contributed by atoms with Gasteiger partial charge in [0.1, 0.15) is 0 Å². The standard InChI is InChI=1S/C15H27F3N2/c16-15(17,18)13-7-10-20(11-8-13)12-9-19-14-5-3-1-2-4-6-14/h13-14,19H,1-12H2. The molecule has 0 unspecified atom stereocenters. The number of nitrogens with one attached hydrogen (secondary N) is 1. The van der Waals surface area contributed by atoms with E-state index in [1.165, 1.54) is 38.5 Å². The summed E-state index contributed by atoms with van der Waals surface area (Å²) in [6.45, 7) is 3.00. The normalized spacial score (nSPS) is 24.8. The van der Waals surface area contributed by atoms with Gasteiger partial charge in [-0.1, -0.05) is 25.7 Å². The molecule has 1 saturated heterocycles. The monoisotopic (exact) mass is 292 g/mol. The van der Waals surface area contributed by atoms with Crippen LogP contribution in [0.4, 0.5) is 13.2 Å². The third-order valence-electron chi connectivity index (χ3n) is 4.77. The van der Waals surface area contributed by atoms with Gasteiger partial charge in [0.15, 0.2) is 0 Å². The molecular weight excluding hydrogens is 265 g/mol. The Hall–Kier alpha value is -0.290. The summed E-state index contributed by atoms with van der Waals surface area (Å²) in [6.07, 6.45) is 4.40. The van der Waals surface area contributed by atoms with Crippen molar-refractivity contribution in [2.24, 2.45) is 5.92 Å². The Morgan fingerprint density at radius 3 is 2.05 bits per heavy atom. The Morgan fingerprint density at radius 2 is 1.50 bits per heavy atom. The van der Waals surface area contributed by atoms with Crippen LogP contribution in [0.25, 0.3) is 0 Å². The van der Waals surface area contributed by atoms with Gasteiger partial charge in [0, 0.05) is 19.1 Å². The first-order valence-corrected chi connectivity index (χ1v) is 8.08. The number of nitrogens with zero attached hydrogens (tertiary/aromatic N) is 1. The molecule has 0 atom stereocenters. The van der Waals surface area contributed by atoms with Crippen LogP contribution in [0.2, 0.25) is 0 Å². The highest BCUT2D eigenvalue weighted by atomic mass is 19.4. The number of rotatable bonds is 4. The molecule has 0 aromatic carbocycles. The van der Waals surface area contributed by atoms with E-state index in [1.54, 1.807) is 0 Å². The SMILES string of the molecule is FC(F)(F)C1CCN(CCNC2CCCCCC2)CC1. The van der Waals surface area contributed by atoms with Gasteiger partial charge in [-0.25, -0.2) is 0 Å². The van der Waals surface area contributed by atoms with Crippen molar-refractivity contribution in [1.82, 2.24) is 10.2 Å². The molecule has 2 fully saturated rings. The summed E-state index contributed by atoms with van der Waals surface area (Å²) >= 11 is 0. The fraction of sp³-hybridized carbons (Fsp3) is 1.00. The van der Waals surface area contributed by atoms with Crippen molar-refractivity contribution in [3.05, 3.63) is 0 Å². The first kappa shape index (κ1) is 16.1. The fourth-order valence-corrected chi connectivity index (χ4v) is 3.39. The number of hydrogen-bond donors (Lipinski definition) is 1. The summed E-state index contributed by atoms with van der Waals surface area (Å²) < 4.78 is 37.7. The maximum atomic E-state index is 12.6. The topological polar surface area (TPSA) is 15.3 Å². The maximum absolute atomic E-state index is 12.6. The second-order valence-corrected chi connectivity index (χ2v) is 6.30. The molecule has 2 nitrogen and oxygen atoms in total. The van der Waals surface area contributed by atoms with Crippen LogP contribution in [-0.4, -0.2) is 43.3 Å². The first-order chi connectivity index (χ1) is 9.55. The molecule has 5 heteroatoms. The van der Waals surface area contributed by atoms with Gasteiger partial charge in [-0.3, -0.25) is 0 Å². The van der Waals surface area contributed by atoms with E-state index in [1.807, 2.05) is 0 Å². The van der Waals surface area contributed by atoms with Gasteiger partial charge < -0.3 is 10.2 Å². The van der Waals surface area contributed by atoms with E-state index in [4.69, 9.17) is 0 Å². The Kier molecular flexibility index (Phi) is 6.15. The van der Waals surface area contributed by atoms with Crippen LogP contribution in [0.15, 0.2) is 0 Å². The van der Waals surface area contributed by atoms with Gasteiger partial charge in [-0.2, -0.15) is 13.2 Å². The van der Waals surface area contributed by atoms with E-state index >= 15 is 0 Å². The highest BCUT2D eigenvalue weighted by Crippen LogP contribution is 2.33. The van der Waals surface area contributed by atoms with E-state index in [0.29, 0.717) is 19.1 Å². The van der Waals surface area contributed by atoms with E-state index in [-0.39, 0.29) is 12.8 Å². The van der Waals surface area contributed by atoms with E-state index in [0.717, 1.165) is 13.1 Å². The zero-order valence-corrected chi connectivity index (χ0v) is 12.2. The molecule has 118 valence electrons. The van der Waals surface area contributed by atoms with Crippen LogP contribution in [0.3, 0.4) is 0 Å². The van der Waals surface area contributed by atoms with E-state index in [2.05, 4.69) is 10.2 Å². The predicted octanol–water partition coefficient (Wildman–Crippen LogP) is 3.57. The molecule has 2 aliphatic rings. The molecule has 0 aromatic heterocycles. The van der Waals surface area contributed by atoms with Crippen LogP contribution in [0, 0.1) is 5.92 Å². The Bertz CT molecular complexity index is 265.